The number of rotatable bonds is 3. The largest absolute Gasteiger partial charge is 0.314 e. The second-order valence-electron chi connectivity index (χ2n) is 5.46. The van der Waals surface area contributed by atoms with Crippen LogP contribution in [0.3, 0.4) is 0 Å². The highest BCUT2D eigenvalue weighted by atomic mass is 15.2. The van der Waals surface area contributed by atoms with E-state index in [1.54, 1.807) is 0 Å². The summed E-state index contributed by atoms with van der Waals surface area (Å²) in [7, 11) is 0. The molecule has 116 valence electrons. The molecular formula is C17H28N4. The Morgan fingerprint density at radius 3 is 2.38 bits per heavy atom. The second-order valence-corrected chi connectivity index (χ2v) is 5.46. The molecule has 1 atom stereocenters. The third-order valence-corrected chi connectivity index (χ3v) is 3.86. The van der Waals surface area contributed by atoms with E-state index in [-0.39, 0.29) is 0 Å². The minimum atomic E-state index is 0.367. The number of benzene rings is 1. The molecule has 1 unspecified atom stereocenters. The Morgan fingerprint density at radius 2 is 1.67 bits per heavy atom. The molecule has 0 saturated carbocycles. The van der Waals surface area contributed by atoms with Crippen LogP contribution in [0.4, 0.5) is 0 Å². The molecule has 0 aromatic heterocycles. The van der Waals surface area contributed by atoms with E-state index < -0.39 is 0 Å². The molecule has 0 spiro atoms. The van der Waals surface area contributed by atoms with Crippen molar-refractivity contribution in [2.24, 2.45) is 0 Å². The molecule has 1 aliphatic rings. The number of nitrogens with one attached hydrogen (secondary N) is 3. The first-order valence-electron chi connectivity index (χ1n) is 7.93. The smallest absolute Gasteiger partial charge is 0.0404 e. The summed E-state index contributed by atoms with van der Waals surface area (Å²) >= 11 is 0. The van der Waals surface area contributed by atoms with E-state index in [1.807, 2.05) is 0 Å². The minimum absolute atomic E-state index is 0.367. The quantitative estimate of drug-likeness (QED) is 0.721. The highest BCUT2D eigenvalue weighted by molar-refractivity contribution is 5.15. The van der Waals surface area contributed by atoms with Gasteiger partial charge in [0.05, 0.1) is 0 Å². The molecule has 4 heteroatoms. The fourth-order valence-electron chi connectivity index (χ4n) is 2.62. The van der Waals surface area contributed by atoms with Crippen LogP contribution in [0.5, 0.6) is 0 Å². The molecule has 1 saturated heterocycles. The van der Waals surface area contributed by atoms with Crippen molar-refractivity contribution >= 4 is 0 Å². The van der Waals surface area contributed by atoms with Crippen molar-refractivity contribution in [1.29, 1.82) is 0 Å². The second kappa shape index (κ2) is 9.68. The van der Waals surface area contributed by atoms with Crippen molar-refractivity contribution in [3.8, 4) is 0 Å². The summed E-state index contributed by atoms with van der Waals surface area (Å²) in [6.07, 6.45) is 2.06. The molecular weight excluding hydrogens is 260 g/mol. The molecule has 1 aromatic carbocycles. The predicted octanol–water partition coefficient (Wildman–Crippen LogP) is 0.826. The molecule has 1 heterocycles. The van der Waals surface area contributed by atoms with Crippen molar-refractivity contribution < 1.29 is 0 Å². The van der Waals surface area contributed by atoms with Crippen LogP contribution in [0.25, 0.3) is 0 Å². The Hall–Kier alpha value is -1.20. The predicted molar refractivity (Wildman–Crippen MR) is 89.4 cm³/mol. The van der Waals surface area contributed by atoms with Crippen molar-refractivity contribution in [2.75, 3.05) is 45.8 Å². The lowest BCUT2D eigenvalue weighted by atomic mass is 10.1. The maximum Gasteiger partial charge on any atom is 0.0404 e. The van der Waals surface area contributed by atoms with Gasteiger partial charge in [0.25, 0.3) is 0 Å². The summed E-state index contributed by atoms with van der Waals surface area (Å²) in [5.74, 6) is 0. The van der Waals surface area contributed by atoms with E-state index in [1.165, 1.54) is 5.56 Å². The first kappa shape index (κ1) is 16.2. The third kappa shape index (κ3) is 5.98. The zero-order valence-corrected chi connectivity index (χ0v) is 12.9. The topological polar surface area (TPSA) is 39.3 Å². The average Bonchev–Trinajstić information content (AvgIpc) is 2.51. The fraction of sp³-hybridized carbons (Fsp3) is 0.529. The van der Waals surface area contributed by atoms with Crippen LogP contribution in [0, 0.1) is 0 Å². The summed E-state index contributed by atoms with van der Waals surface area (Å²) < 4.78 is 0. The standard InChI is InChI=1S/C17H28N4/c1-2-17-14-20-11-10-18-8-9-19-12-13-21(17)15-16-6-4-3-5-7-16/h2-7,17-20H,1,8-15H2. The molecule has 21 heavy (non-hydrogen) atoms. The van der Waals surface area contributed by atoms with Gasteiger partial charge >= 0.3 is 0 Å². The molecule has 4 nitrogen and oxygen atoms in total. The van der Waals surface area contributed by atoms with Crippen LogP contribution >= 0.6 is 0 Å². The van der Waals surface area contributed by atoms with Gasteiger partial charge in [0.15, 0.2) is 0 Å². The van der Waals surface area contributed by atoms with E-state index in [0.29, 0.717) is 6.04 Å². The van der Waals surface area contributed by atoms with Crippen LogP contribution in [0.2, 0.25) is 0 Å². The molecule has 0 aliphatic carbocycles. The van der Waals surface area contributed by atoms with Gasteiger partial charge in [0, 0.05) is 58.4 Å². The molecule has 1 aromatic rings. The van der Waals surface area contributed by atoms with E-state index in [9.17, 15) is 0 Å². The van der Waals surface area contributed by atoms with E-state index in [2.05, 4.69) is 63.8 Å². The van der Waals surface area contributed by atoms with Crippen LogP contribution < -0.4 is 16.0 Å². The normalized spacial score (nSPS) is 23.0. The third-order valence-electron chi connectivity index (χ3n) is 3.86. The van der Waals surface area contributed by atoms with Crippen LogP contribution in [0.1, 0.15) is 5.56 Å². The van der Waals surface area contributed by atoms with Gasteiger partial charge in [-0.15, -0.1) is 6.58 Å². The zero-order valence-electron chi connectivity index (χ0n) is 12.9. The highest BCUT2D eigenvalue weighted by Crippen LogP contribution is 2.08. The summed E-state index contributed by atoms with van der Waals surface area (Å²) in [5.41, 5.74) is 1.36. The molecule has 3 N–H and O–H groups in total. The summed E-state index contributed by atoms with van der Waals surface area (Å²) in [6, 6.07) is 11.0. The summed E-state index contributed by atoms with van der Waals surface area (Å²) in [4.78, 5) is 2.50. The van der Waals surface area contributed by atoms with Gasteiger partial charge in [-0.3, -0.25) is 4.90 Å². The Morgan fingerprint density at radius 1 is 1.00 bits per heavy atom. The van der Waals surface area contributed by atoms with E-state index in [0.717, 1.165) is 52.4 Å². The molecule has 1 aliphatic heterocycles. The molecule has 1 fully saturated rings. The Labute approximate surface area is 128 Å². The van der Waals surface area contributed by atoms with Crippen molar-refractivity contribution in [3.63, 3.8) is 0 Å². The van der Waals surface area contributed by atoms with Gasteiger partial charge in [-0.2, -0.15) is 0 Å². The first-order valence-corrected chi connectivity index (χ1v) is 7.93. The van der Waals surface area contributed by atoms with Gasteiger partial charge in [-0.25, -0.2) is 0 Å². The van der Waals surface area contributed by atoms with Crippen molar-refractivity contribution in [1.82, 2.24) is 20.9 Å². The minimum Gasteiger partial charge on any atom is -0.314 e. The van der Waals surface area contributed by atoms with Crippen LogP contribution in [-0.4, -0.2) is 56.8 Å². The lowest BCUT2D eigenvalue weighted by molar-refractivity contribution is 0.215. The van der Waals surface area contributed by atoms with Gasteiger partial charge in [0.2, 0.25) is 0 Å². The number of nitrogens with zero attached hydrogens (tertiary/aromatic N) is 1. The molecule has 2 rings (SSSR count). The lowest BCUT2D eigenvalue weighted by Gasteiger charge is -2.30. The molecule has 0 radical (unpaired) electrons. The highest BCUT2D eigenvalue weighted by Gasteiger charge is 2.15. The Balaban J connectivity index is 1.97. The van der Waals surface area contributed by atoms with Crippen LogP contribution in [0.15, 0.2) is 43.0 Å². The SMILES string of the molecule is C=CC1CNCCNCCNCCN1Cc1ccccc1. The van der Waals surface area contributed by atoms with Crippen LogP contribution in [-0.2, 0) is 6.54 Å². The summed E-state index contributed by atoms with van der Waals surface area (Å²) in [6.45, 7) is 12.1. The monoisotopic (exact) mass is 288 g/mol. The number of hydrogen-bond donors (Lipinski definition) is 3. The van der Waals surface area contributed by atoms with Gasteiger partial charge in [-0.1, -0.05) is 36.4 Å². The lowest BCUT2D eigenvalue weighted by Crippen LogP contribution is -2.46. The molecule has 0 bridgehead atoms. The van der Waals surface area contributed by atoms with Gasteiger partial charge < -0.3 is 16.0 Å². The van der Waals surface area contributed by atoms with Gasteiger partial charge in [-0.05, 0) is 5.56 Å². The fourth-order valence-corrected chi connectivity index (χ4v) is 2.62. The number of hydrogen-bond acceptors (Lipinski definition) is 4. The van der Waals surface area contributed by atoms with E-state index in [4.69, 9.17) is 0 Å². The first-order chi connectivity index (χ1) is 10.4. The Kier molecular flexibility index (Phi) is 7.46. The zero-order chi connectivity index (χ0) is 14.8. The van der Waals surface area contributed by atoms with Gasteiger partial charge in [0.1, 0.15) is 0 Å². The van der Waals surface area contributed by atoms with E-state index >= 15 is 0 Å². The van der Waals surface area contributed by atoms with Crippen molar-refractivity contribution in [2.45, 2.75) is 12.6 Å². The van der Waals surface area contributed by atoms with Crippen molar-refractivity contribution in [3.05, 3.63) is 48.6 Å². The Bertz CT molecular complexity index is 393. The maximum absolute atomic E-state index is 4.03. The average molecular weight is 288 g/mol. The molecule has 0 amide bonds. The maximum atomic E-state index is 4.03. The summed E-state index contributed by atoms with van der Waals surface area (Å²) in [5, 5.41) is 10.5.